The van der Waals surface area contributed by atoms with Gasteiger partial charge in [-0.05, 0) is 72.9 Å². The van der Waals surface area contributed by atoms with Crippen molar-refractivity contribution in [3.63, 3.8) is 0 Å². The molecule has 0 spiro atoms. The summed E-state index contributed by atoms with van der Waals surface area (Å²) in [6.07, 6.45) is 4.67. The molecule has 2 heterocycles. The quantitative estimate of drug-likeness (QED) is 0.813. The van der Waals surface area contributed by atoms with E-state index in [2.05, 4.69) is 20.8 Å². The molecule has 2 fully saturated rings. The molecule has 1 amide bonds. The Morgan fingerprint density at radius 3 is 2.43 bits per heavy atom. The van der Waals surface area contributed by atoms with Gasteiger partial charge in [-0.25, -0.2) is 4.39 Å². The standard InChI is InChI=1S/C16H20BrFN2O/c17-14-4-3-12(11-15(14)18)16(21)20-9-5-13(6-10-20)19-7-1-2-8-19/h3-4,11,13H,1-2,5-10H2. The van der Waals surface area contributed by atoms with Crippen molar-refractivity contribution in [2.75, 3.05) is 26.2 Å². The molecular formula is C16H20BrFN2O. The first kappa shape index (κ1) is 15.0. The molecule has 21 heavy (non-hydrogen) atoms. The number of carbonyl (C=O) groups is 1. The number of likely N-dealkylation sites (tertiary alicyclic amines) is 2. The second kappa shape index (κ2) is 6.44. The number of carbonyl (C=O) groups excluding carboxylic acids is 1. The van der Waals surface area contributed by atoms with Gasteiger partial charge in [-0.3, -0.25) is 4.79 Å². The van der Waals surface area contributed by atoms with Crippen LogP contribution in [0.1, 0.15) is 36.0 Å². The van der Waals surface area contributed by atoms with Crippen molar-refractivity contribution in [2.24, 2.45) is 0 Å². The molecule has 1 aromatic rings. The first-order valence-electron chi connectivity index (χ1n) is 7.63. The number of hydrogen-bond acceptors (Lipinski definition) is 2. The summed E-state index contributed by atoms with van der Waals surface area (Å²) in [6.45, 7) is 3.96. The third-order valence-corrected chi connectivity index (χ3v) is 5.22. The van der Waals surface area contributed by atoms with Gasteiger partial charge < -0.3 is 9.80 Å². The highest BCUT2D eigenvalue weighted by Gasteiger charge is 2.28. The summed E-state index contributed by atoms with van der Waals surface area (Å²) in [4.78, 5) is 16.8. The summed E-state index contributed by atoms with van der Waals surface area (Å²) in [7, 11) is 0. The molecule has 5 heteroatoms. The molecule has 2 aliphatic rings. The van der Waals surface area contributed by atoms with Gasteiger partial charge in [-0.1, -0.05) is 0 Å². The van der Waals surface area contributed by atoms with E-state index in [0.29, 0.717) is 16.1 Å². The van der Waals surface area contributed by atoms with E-state index >= 15 is 0 Å². The average molecular weight is 355 g/mol. The highest BCUT2D eigenvalue weighted by atomic mass is 79.9. The van der Waals surface area contributed by atoms with Gasteiger partial charge in [0.2, 0.25) is 0 Å². The Morgan fingerprint density at radius 2 is 1.81 bits per heavy atom. The number of hydrogen-bond donors (Lipinski definition) is 0. The minimum atomic E-state index is -0.382. The van der Waals surface area contributed by atoms with Gasteiger partial charge in [0.05, 0.1) is 4.47 Å². The predicted octanol–water partition coefficient (Wildman–Crippen LogP) is 3.29. The Labute approximate surface area is 133 Å². The van der Waals surface area contributed by atoms with E-state index < -0.39 is 0 Å². The Kier molecular flexibility index (Phi) is 4.60. The molecule has 114 valence electrons. The number of benzene rings is 1. The largest absolute Gasteiger partial charge is 0.339 e. The summed E-state index contributed by atoms with van der Waals surface area (Å²) in [5, 5.41) is 0. The van der Waals surface area contributed by atoms with Crippen molar-refractivity contribution in [1.82, 2.24) is 9.80 Å². The molecular weight excluding hydrogens is 335 g/mol. The summed E-state index contributed by atoms with van der Waals surface area (Å²) in [5.74, 6) is -0.436. The van der Waals surface area contributed by atoms with Crippen molar-refractivity contribution in [1.29, 1.82) is 0 Å². The van der Waals surface area contributed by atoms with Crippen LogP contribution in [0.4, 0.5) is 4.39 Å². The topological polar surface area (TPSA) is 23.6 Å². The van der Waals surface area contributed by atoms with Crippen molar-refractivity contribution in [3.8, 4) is 0 Å². The monoisotopic (exact) mass is 354 g/mol. The smallest absolute Gasteiger partial charge is 0.253 e. The van der Waals surface area contributed by atoms with Crippen LogP contribution >= 0.6 is 15.9 Å². The second-order valence-corrected chi connectivity index (χ2v) is 6.75. The fraction of sp³-hybridized carbons (Fsp3) is 0.562. The highest BCUT2D eigenvalue weighted by Crippen LogP contribution is 2.23. The number of piperidine rings is 1. The van der Waals surface area contributed by atoms with Gasteiger partial charge in [0.15, 0.2) is 0 Å². The molecule has 3 rings (SSSR count). The van der Waals surface area contributed by atoms with E-state index in [1.54, 1.807) is 12.1 Å². The molecule has 0 N–H and O–H groups in total. The van der Waals surface area contributed by atoms with E-state index in [1.165, 1.54) is 32.0 Å². The average Bonchev–Trinajstić information content (AvgIpc) is 3.04. The molecule has 0 aromatic heterocycles. The number of rotatable bonds is 2. The molecule has 2 saturated heterocycles. The van der Waals surface area contributed by atoms with E-state index in [-0.39, 0.29) is 11.7 Å². The maximum Gasteiger partial charge on any atom is 0.253 e. The lowest BCUT2D eigenvalue weighted by Gasteiger charge is -2.36. The van der Waals surface area contributed by atoms with Crippen LogP contribution in [0.3, 0.4) is 0 Å². The van der Waals surface area contributed by atoms with Crippen LogP contribution in [0.5, 0.6) is 0 Å². The van der Waals surface area contributed by atoms with Crippen LogP contribution in [0.2, 0.25) is 0 Å². The molecule has 2 aliphatic heterocycles. The Hall–Kier alpha value is -0.940. The normalized spacial score (nSPS) is 21.0. The van der Waals surface area contributed by atoms with Crippen LogP contribution < -0.4 is 0 Å². The third kappa shape index (κ3) is 3.29. The zero-order valence-corrected chi connectivity index (χ0v) is 13.6. The van der Waals surface area contributed by atoms with Gasteiger partial charge in [0.1, 0.15) is 5.82 Å². The zero-order valence-electron chi connectivity index (χ0n) is 12.0. The van der Waals surface area contributed by atoms with E-state index in [9.17, 15) is 9.18 Å². The van der Waals surface area contributed by atoms with Crippen molar-refractivity contribution >= 4 is 21.8 Å². The minimum Gasteiger partial charge on any atom is -0.339 e. The number of halogens is 2. The fourth-order valence-electron chi connectivity index (χ4n) is 3.35. The molecule has 0 unspecified atom stereocenters. The van der Waals surface area contributed by atoms with Crippen LogP contribution in [0, 0.1) is 5.82 Å². The Morgan fingerprint density at radius 1 is 1.14 bits per heavy atom. The molecule has 1 aromatic carbocycles. The maximum absolute atomic E-state index is 13.5. The van der Waals surface area contributed by atoms with Gasteiger partial charge in [0, 0.05) is 24.7 Å². The number of nitrogens with zero attached hydrogens (tertiary/aromatic N) is 2. The summed E-state index contributed by atoms with van der Waals surface area (Å²) < 4.78 is 13.9. The lowest BCUT2D eigenvalue weighted by Crippen LogP contribution is -2.45. The van der Waals surface area contributed by atoms with E-state index in [1.807, 2.05) is 4.90 Å². The molecule has 0 radical (unpaired) electrons. The first-order valence-corrected chi connectivity index (χ1v) is 8.43. The van der Waals surface area contributed by atoms with Gasteiger partial charge in [-0.2, -0.15) is 0 Å². The zero-order chi connectivity index (χ0) is 14.8. The van der Waals surface area contributed by atoms with Crippen molar-refractivity contribution < 1.29 is 9.18 Å². The number of amides is 1. The van der Waals surface area contributed by atoms with E-state index in [0.717, 1.165) is 25.9 Å². The van der Waals surface area contributed by atoms with Crippen LogP contribution in [0.15, 0.2) is 22.7 Å². The SMILES string of the molecule is O=C(c1ccc(Br)c(F)c1)N1CCC(N2CCCC2)CC1. The van der Waals surface area contributed by atoms with E-state index in [4.69, 9.17) is 0 Å². The van der Waals surface area contributed by atoms with Crippen LogP contribution in [0.25, 0.3) is 0 Å². The summed E-state index contributed by atoms with van der Waals surface area (Å²) in [6, 6.07) is 5.22. The molecule has 0 atom stereocenters. The Bertz CT molecular complexity index is 523. The Balaban J connectivity index is 1.60. The minimum absolute atomic E-state index is 0.0544. The predicted molar refractivity (Wildman–Crippen MR) is 83.8 cm³/mol. The lowest BCUT2D eigenvalue weighted by atomic mass is 10.0. The first-order chi connectivity index (χ1) is 10.1. The fourth-order valence-corrected chi connectivity index (χ4v) is 3.60. The lowest BCUT2D eigenvalue weighted by molar-refractivity contribution is 0.0644. The molecule has 3 nitrogen and oxygen atoms in total. The third-order valence-electron chi connectivity index (χ3n) is 4.58. The van der Waals surface area contributed by atoms with Gasteiger partial charge >= 0.3 is 0 Å². The molecule has 0 saturated carbocycles. The molecule has 0 aliphatic carbocycles. The van der Waals surface area contributed by atoms with Crippen molar-refractivity contribution in [3.05, 3.63) is 34.1 Å². The second-order valence-electron chi connectivity index (χ2n) is 5.90. The van der Waals surface area contributed by atoms with Crippen molar-refractivity contribution in [2.45, 2.75) is 31.7 Å². The van der Waals surface area contributed by atoms with Crippen LogP contribution in [-0.2, 0) is 0 Å². The molecule has 0 bridgehead atoms. The van der Waals surface area contributed by atoms with Crippen LogP contribution in [-0.4, -0.2) is 47.9 Å². The summed E-state index contributed by atoms with van der Waals surface area (Å²) >= 11 is 3.11. The summed E-state index contributed by atoms with van der Waals surface area (Å²) in [5.41, 5.74) is 0.440. The maximum atomic E-state index is 13.5. The van der Waals surface area contributed by atoms with Gasteiger partial charge in [0.25, 0.3) is 5.91 Å². The van der Waals surface area contributed by atoms with Gasteiger partial charge in [-0.15, -0.1) is 0 Å². The highest BCUT2D eigenvalue weighted by molar-refractivity contribution is 9.10.